The third-order valence-corrected chi connectivity index (χ3v) is 5.87. The van der Waals surface area contributed by atoms with Gasteiger partial charge in [-0.3, -0.25) is 9.47 Å². The first-order valence-corrected chi connectivity index (χ1v) is 10.1. The van der Waals surface area contributed by atoms with Crippen LogP contribution in [0, 0.1) is 18.6 Å². The summed E-state index contributed by atoms with van der Waals surface area (Å²) in [5, 5.41) is 4.74. The molecule has 0 spiro atoms. The van der Waals surface area contributed by atoms with Crippen LogP contribution < -0.4 is 4.74 Å². The fourth-order valence-electron chi connectivity index (χ4n) is 3.97. The fraction of sp³-hybridized carbons (Fsp3) is 0.364. The molecule has 4 rings (SSSR count). The quantitative estimate of drug-likeness (QED) is 0.581. The van der Waals surface area contributed by atoms with E-state index in [0.29, 0.717) is 12.7 Å². The lowest BCUT2D eigenvalue weighted by Gasteiger charge is -2.24. The molecule has 2 aromatic carbocycles. The molecular weight excluding hydrogens is 368 g/mol. The van der Waals surface area contributed by atoms with Crippen molar-refractivity contribution >= 4 is 12.2 Å². The van der Waals surface area contributed by atoms with E-state index in [1.54, 1.807) is 7.11 Å². The largest absolute Gasteiger partial charge is 0.497 e. The van der Waals surface area contributed by atoms with Crippen LogP contribution in [0.1, 0.15) is 35.8 Å². The molecule has 2 heterocycles. The normalized spacial score (nSPS) is 17.2. The van der Waals surface area contributed by atoms with Crippen molar-refractivity contribution in [2.24, 2.45) is 0 Å². The second-order valence-electron chi connectivity index (χ2n) is 7.39. The highest BCUT2D eigenvalue weighted by atomic mass is 32.1. The number of aromatic nitrogens is 3. The zero-order valence-electron chi connectivity index (χ0n) is 16.6. The van der Waals surface area contributed by atoms with Crippen molar-refractivity contribution < 1.29 is 4.74 Å². The van der Waals surface area contributed by atoms with Crippen LogP contribution in [-0.2, 0) is 6.67 Å². The first-order chi connectivity index (χ1) is 13.6. The van der Waals surface area contributed by atoms with Crippen LogP contribution in [0.2, 0.25) is 0 Å². The number of rotatable bonds is 5. The van der Waals surface area contributed by atoms with Gasteiger partial charge in [0.25, 0.3) is 0 Å². The van der Waals surface area contributed by atoms with Crippen molar-refractivity contribution in [3.05, 3.63) is 70.3 Å². The van der Waals surface area contributed by atoms with Gasteiger partial charge in [-0.05, 0) is 68.7 Å². The maximum atomic E-state index is 5.77. The van der Waals surface area contributed by atoms with Crippen LogP contribution in [0.3, 0.4) is 0 Å². The minimum atomic E-state index is 0.387. The van der Waals surface area contributed by atoms with E-state index in [0.717, 1.165) is 35.0 Å². The first-order valence-electron chi connectivity index (χ1n) is 9.68. The summed E-state index contributed by atoms with van der Waals surface area (Å²) < 4.78 is 10.0. The predicted octanol–water partition coefficient (Wildman–Crippen LogP) is 4.82. The van der Waals surface area contributed by atoms with Gasteiger partial charge in [-0.2, -0.15) is 5.10 Å². The average Bonchev–Trinajstić information content (AvgIpc) is 3.27. The Morgan fingerprint density at radius 3 is 2.46 bits per heavy atom. The van der Waals surface area contributed by atoms with Gasteiger partial charge in [0.15, 0.2) is 0 Å². The molecule has 1 aliphatic heterocycles. The van der Waals surface area contributed by atoms with E-state index in [2.05, 4.69) is 48.2 Å². The van der Waals surface area contributed by atoms with Crippen LogP contribution in [0.15, 0.2) is 48.5 Å². The highest BCUT2D eigenvalue weighted by Crippen LogP contribution is 2.33. The van der Waals surface area contributed by atoms with Gasteiger partial charge in [0.1, 0.15) is 11.6 Å². The highest BCUT2D eigenvalue weighted by Gasteiger charge is 2.27. The molecule has 1 aliphatic rings. The number of likely N-dealkylation sites (tertiary alicyclic amines) is 1. The summed E-state index contributed by atoms with van der Waals surface area (Å²) in [6, 6.07) is 17.2. The van der Waals surface area contributed by atoms with Gasteiger partial charge in [0.2, 0.25) is 4.77 Å². The fourth-order valence-corrected chi connectivity index (χ4v) is 4.31. The Morgan fingerprint density at radius 1 is 1.07 bits per heavy atom. The Labute approximate surface area is 171 Å². The molecule has 0 N–H and O–H groups in total. The molecule has 3 aromatic rings. The Hall–Kier alpha value is -2.44. The van der Waals surface area contributed by atoms with Gasteiger partial charge < -0.3 is 4.74 Å². The smallest absolute Gasteiger partial charge is 0.203 e. The van der Waals surface area contributed by atoms with E-state index < -0.39 is 0 Å². The topological polar surface area (TPSA) is 35.2 Å². The number of aryl methyl sites for hydroxylation is 2. The molecule has 0 bridgehead atoms. The molecule has 146 valence electrons. The number of nitrogens with zero attached hydrogens (tertiary/aromatic N) is 4. The monoisotopic (exact) mass is 394 g/mol. The van der Waals surface area contributed by atoms with Gasteiger partial charge >= 0.3 is 0 Å². The first kappa shape index (κ1) is 18.9. The van der Waals surface area contributed by atoms with E-state index in [4.69, 9.17) is 22.1 Å². The summed E-state index contributed by atoms with van der Waals surface area (Å²) in [6.07, 6.45) is 2.33. The van der Waals surface area contributed by atoms with Crippen molar-refractivity contribution in [3.63, 3.8) is 0 Å². The third-order valence-electron chi connectivity index (χ3n) is 5.47. The summed E-state index contributed by atoms with van der Waals surface area (Å²) >= 11 is 5.77. The van der Waals surface area contributed by atoms with Crippen molar-refractivity contribution in [2.75, 3.05) is 13.7 Å². The zero-order chi connectivity index (χ0) is 19.7. The standard InChI is InChI=1S/C22H26N4OS/c1-16-6-10-19(11-7-16)26-17(2)23-25(22(26)28)15-24-14-4-5-21(24)18-8-12-20(27-3)13-9-18/h6-13,21H,4-5,14-15H2,1-3H3. The van der Waals surface area contributed by atoms with Crippen LogP contribution in [-0.4, -0.2) is 32.9 Å². The molecule has 0 radical (unpaired) electrons. The van der Waals surface area contributed by atoms with Crippen LogP contribution >= 0.6 is 12.2 Å². The lowest BCUT2D eigenvalue weighted by molar-refractivity contribution is 0.189. The molecule has 0 aliphatic carbocycles. The van der Waals surface area contributed by atoms with Gasteiger partial charge in [-0.1, -0.05) is 29.8 Å². The van der Waals surface area contributed by atoms with Crippen molar-refractivity contribution in [1.29, 1.82) is 0 Å². The van der Waals surface area contributed by atoms with Gasteiger partial charge in [0.05, 0.1) is 13.8 Å². The molecule has 0 saturated carbocycles. The molecule has 1 aromatic heterocycles. The SMILES string of the molecule is COc1ccc(C2CCCN2Cn2nc(C)n(-c3ccc(C)cc3)c2=S)cc1. The lowest BCUT2D eigenvalue weighted by atomic mass is 10.0. The molecule has 5 nitrogen and oxygen atoms in total. The highest BCUT2D eigenvalue weighted by molar-refractivity contribution is 7.71. The Balaban J connectivity index is 1.59. The molecular formula is C22H26N4OS. The molecule has 1 unspecified atom stereocenters. The Bertz CT molecular complexity index is 1000. The number of hydrogen-bond donors (Lipinski definition) is 0. The molecule has 28 heavy (non-hydrogen) atoms. The number of ether oxygens (including phenoxy) is 1. The molecule has 0 amide bonds. The van der Waals surface area contributed by atoms with Crippen molar-refractivity contribution in [2.45, 2.75) is 39.4 Å². The molecule has 6 heteroatoms. The number of benzene rings is 2. The van der Waals surface area contributed by atoms with Gasteiger partial charge in [0, 0.05) is 18.3 Å². The maximum absolute atomic E-state index is 5.77. The van der Waals surface area contributed by atoms with E-state index in [1.807, 2.05) is 28.3 Å². The summed E-state index contributed by atoms with van der Waals surface area (Å²) in [7, 11) is 1.70. The van der Waals surface area contributed by atoms with Crippen molar-refractivity contribution in [3.8, 4) is 11.4 Å². The molecule has 1 atom stereocenters. The zero-order valence-corrected chi connectivity index (χ0v) is 17.4. The predicted molar refractivity (Wildman–Crippen MR) is 114 cm³/mol. The van der Waals surface area contributed by atoms with E-state index in [-0.39, 0.29) is 0 Å². The van der Waals surface area contributed by atoms with Crippen molar-refractivity contribution in [1.82, 2.24) is 19.2 Å². The third kappa shape index (κ3) is 3.62. The summed E-state index contributed by atoms with van der Waals surface area (Å²) in [4.78, 5) is 2.46. The number of hydrogen-bond acceptors (Lipinski definition) is 4. The Kier molecular flexibility index (Phi) is 5.33. The van der Waals surface area contributed by atoms with Crippen LogP contribution in [0.4, 0.5) is 0 Å². The van der Waals surface area contributed by atoms with Gasteiger partial charge in [-0.15, -0.1) is 0 Å². The lowest BCUT2D eigenvalue weighted by Crippen LogP contribution is -2.27. The molecule has 1 saturated heterocycles. The maximum Gasteiger partial charge on any atom is 0.203 e. The van der Waals surface area contributed by atoms with Crippen LogP contribution in [0.25, 0.3) is 5.69 Å². The summed E-state index contributed by atoms with van der Waals surface area (Å²) in [5.74, 6) is 1.80. The average molecular weight is 395 g/mol. The summed E-state index contributed by atoms with van der Waals surface area (Å²) in [6.45, 7) is 5.85. The van der Waals surface area contributed by atoms with E-state index >= 15 is 0 Å². The molecule has 1 fully saturated rings. The summed E-state index contributed by atoms with van der Waals surface area (Å²) in [5.41, 5.74) is 3.62. The number of methoxy groups -OCH3 is 1. The second-order valence-corrected chi connectivity index (χ2v) is 7.75. The second kappa shape index (κ2) is 7.89. The van der Waals surface area contributed by atoms with E-state index in [1.165, 1.54) is 17.5 Å². The van der Waals surface area contributed by atoms with E-state index in [9.17, 15) is 0 Å². The minimum absolute atomic E-state index is 0.387. The van der Waals surface area contributed by atoms with Crippen LogP contribution in [0.5, 0.6) is 5.75 Å². The minimum Gasteiger partial charge on any atom is -0.497 e. The Morgan fingerprint density at radius 2 is 1.79 bits per heavy atom. The van der Waals surface area contributed by atoms with Gasteiger partial charge in [-0.25, -0.2) is 4.68 Å².